The van der Waals surface area contributed by atoms with Crippen molar-refractivity contribution in [2.75, 3.05) is 0 Å². The van der Waals surface area contributed by atoms with E-state index in [4.69, 9.17) is 0 Å². The maximum Gasteiger partial charge on any atom is 0.255 e. The molecule has 116 valence electrons. The van der Waals surface area contributed by atoms with Crippen molar-refractivity contribution in [3.63, 3.8) is 0 Å². The highest BCUT2D eigenvalue weighted by Gasteiger charge is 2.39. The van der Waals surface area contributed by atoms with Crippen molar-refractivity contribution in [1.82, 2.24) is 5.32 Å². The van der Waals surface area contributed by atoms with Crippen molar-refractivity contribution in [1.29, 1.82) is 0 Å². The Morgan fingerprint density at radius 3 is 2.29 bits per heavy atom. The number of amides is 1. The second kappa shape index (κ2) is 5.24. The van der Waals surface area contributed by atoms with Crippen LogP contribution in [0.15, 0.2) is 18.2 Å². The van der Waals surface area contributed by atoms with Crippen LogP contribution in [0.4, 0.5) is 0 Å². The Morgan fingerprint density at radius 2 is 1.71 bits per heavy atom. The minimum atomic E-state index is -0.332. The highest BCUT2D eigenvalue weighted by atomic mass is 16.3. The highest BCUT2D eigenvalue weighted by molar-refractivity contribution is 5.97. The lowest BCUT2D eigenvalue weighted by Crippen LogP contribution is -2.46. The zero-order chi connectivity index (χ0) is 15.8. The lowest BCUT2D eigenvalue weighted by Gasteiger charge is -2.45. The van der Waals surface area contributed by atoms with Gasteiger partial charge in [-0.25, -0.2) is 0 Å². The number of carbonyl (C=O) groups is 1. The first-order valence-corrected chi connectivity index (χ1v) is 7.41. The zero-order valence-electron chi connectivity index (χ0n) is 13.2. The molecule has 1 saturated carbocycles. The third-order valence-electron chi connectivity index (χ3n) is 4.12. The molecule has 4 heteroatoms. The SMILES string of the molecule is CC1(C)CC(NC(=O)c2cc(O)ccc2O)CC(C)(C)C1. The standard InChI is InChI=1S/C17H25NO3/c1-16(2)8-11(9-17(3,4)10-16)18-15(21)13-7-12(19)5-6-14(13)20/h5-7,11,19-20H,8-10H2,1-4H3,(H,18,21). The van der Waals surface area contributed by atoms with Crippen LogP contribution in [0, 0.1) is 10.8 Å². The van der Waals surface area contributed by atoms with Crippen molar-refractivity contribution >= 4 is 5.91 Å². The van der Waals surface area contributed by atoms with Crippen LogP contribution in [0.3, 0.4) is 0 Å². The number of benzene rings is 1. The normalized spacial score (nSPS) is 21.0. The van der Waals surface area contributed by atoms with E-state index >= 15 is 0 Å². The summed E-state index contributed by atoms with van der Waals surface area (Å²) in [6, 6.07) is 4.07. The van der Waals surface area contributed by atoms with Crippen LogP contribution >= 0.6 is 0 Å². The number of aromatic hydroxyl groups is 2. The van der Waals surface area contributed by atoms with Crippen molar-refractivity contribution in [2.45, 2.75) is 53.0 Å². The van der Waals surface area contributed by atoms with Crippen LogP contribution in [0.2, 0.25) is 0 Å². The molecule has 0 spiro atoms. The van der Waals surface area contributed by atoms with E-state index in [9.17, 15) is 15.0 Å². The summed E-state index contributed by atoms with van der Waals surface area (Å²) in [5, 5.41) is 22.2. The van der Waals surface area contributed by atoms with Gasteiger partial charge in [0.25, 0.3) is 5.91 Å². The number of phenolic OH excluding ortho intramolecular Hbond substituents is 2. The molecule has 0 aliphatic heterocycles. The van der Waals surface area contributed by atoms with Crippen LogP contribution in [0.5, 0.6) is 11.5 Å². The van der Waals surface area contributed by atoms with Gasteiger partial charge in [-0.05, 0) is 48.3 Å². The molecule has 2 rings (SSSR count). The summed E-state index contributed by atoms with van der Waals surface area (Å²) in [6.07, 6.45) is 2.97. The van der Waals surface area contributed by atoms with Gasteiger partial charge in [-0.3, -0.25) is 4.79 Å². The maximum absolute atomic E-state index is 12.3. The summed E-state index contributed by atoms with van der Waals surface area (Å²) in [5.74, 6) is -0.469. The molecule has 0 saturated heterocycles. The fraction of sp³-hybridized carbons (Fsp3) is 0.588. The van der Waals surface area contributed by atoms with E-state index < -0.39 is 0 Å². The smallest absolute Gasteiger partial charge is 0.255 e. The van der Waals surface area contributed by atoms with E-state index in [1.54, 1.807) is 0 Å². The van der Waals surface area contributed by atoms with Crippen LogP contribution in [-0.2, 0) is 0 Å². The van der Waals surface area contributed by atoms with Crippen molar-refractivity contribution in [3.05, 3.63) is 23.8 Å². The molecule has 1 aromatic rings. The van der Waals surface area contributed by atoms with E-state index in [0.29, 0.717) is 0 Å². The molecule has 1 fully saturated rings. The van der Waals surface area contributed by atoms with Gasteiger partial charge < -0.3 is 15.5 Å². The first kappa shape index (κ1) is 15.7. The monoisotopic (exact) mass is 291 g/mol. The molecule has 1 amide bonds. The van der Waals surface area contributed by atoms with Crippen molar-refractivity contribution < 1.29 is 15.0 Å². The van der Waals surface area contributed by atoms with Crippen LogP contribution in [0.1, 0.15) is 57.3 Å². The topological polar surface area (TPSA) is 69.6 Å². The molecule has 3 N–H and O–H groups in total. The van der Waals surface area contributed by atoms with Crippen LogP contribution in [0.25, 0.3) is 0 Å². The molecule has 0 atom stereocenters. The van der Waals surface area contributed by atoms with E-state index in [2.05, 4.69) is 33.0 Å². The van der Waals surface area contributed by atoms with Crippen LogP contribution in [-0.4, -0.2) is 22.2 Å². The van der Waals surface area contributed by atoms with Gasteiger partial charge in [-0.2, -0.15) is 0 Å². The fourth-order valence-corrected chi connectivity index (χ4v) is 3.92. The van der Waals surface area contributed by atoms with Gasteiger partial charge >= 0.3 is 0 Å². The van der Waals surface area contributed by atoms with E-state index in [0.717, 1.165) is 19.3 Å². The number of phenols is 2. The molecular formula is C17H25NO3. The maximum atomic E-state index is 12.3. The van der Waals surface area contributed by atoms with Gasteiger partial charge in [0.05, 0.1) is 5.56 Å². The molecular weight excluding hydrogens is 266 g/mol. The van der Waals surface area contributed by atoms with Crippen LogP contribution < -0.4 is 5.32 Å². The lowest BCUT2D eigenvalue weighted by molar-refractivity contribution is 0.0712. The summed E-state index contributed by atoms with van der Waals surface area (Å²) in [6.45, 7) is 8.88. The zero-order valence-corrected chi connectivity index (χ0v) is 13.2. The quantitative estimate of drug-likeness (QED) is 0.731. The Labute approximate surface area is 126 Å². The Kier molecular flexibility index (Phi) is 3.91. The summed E-state index contributed by atoms with van der Waals surface area (Å²) < 4.78 is 0. The molecule has 0 aromatic heterocycles. The second-order valence-electron chi connectivity index (χ2n) is 7.79. The average Bonchev–Trinajstić information content (AvgIpc) is 2.27. The van der Waals surface area contributed by atoms with Crippen molar-refractivity contribution in [3.8, 4) is 11.5 Å². The highest BCUT2D eigenvalue weighted by Crippen LogP contribution is 2.45. The molecule has 21 heavy (non-hydrogen) atoms. The largest absolute Gasteiger partial charge is 0.508 e. The van der Waals surface area contributed by atoms with Crippen molar-refractivity contribution in [2.24, 2.45) is 10.8 Å². The first-order chi connectivity index (χ1) is 9.58. The number of rotatable bonds is 2. The fourth-order valence-electron chi connectivity index (χ4n) is 3.92. The predicted octanol–water partition coefficient (Wildman–Crippen LogP) is 3.43. The lowest BCUT2D eigenvalue weighted by atomic mass is 9.63. The second-order valence-corrected chi connectivity index (χ2v) is 7.79. The molecule has 0 heterocycles. The summed E-state index contributed by atoms with van der Waals surface area (Å²) in [4.78, 5) is 12.3. The third kappa shape index (κ3) is 3.90. The number of hydrogen-bond donors (Lipinski definition) is 3. The first-order valence-electron chi connectivity index (χ1n) is 7.41. The number of hydrogen-bond acceptors (Lipinski definition) is 3. The minimum absolute atomic E-state index is 0.0257. The molecule has 1 aliphatic carbocycles. The van der Waals surface area contributed by atoms with Gasteiger partial charge in [0, 0.05) is 6.04 Å². The third-order valence-corrected chi connectivity index (χ3v) is 4.12. The summed E-state index contributed by atoms with van der Waals surface area (Å²) >= 11 is 0. The van der Waals surface area contributed by atoms with Gasteiger partial charge in [0.15, 0.2) is 0 Å². The van der Waals surface area contributed by atoms with Gasteiger partial charge in [0.2, 0.25) is 0 Å². The summed E-state index contributed by atoms with van der Waals surface area (Å²) in [5.41, 5.74) is 0.484. The molecule has 0 unspecified atom stereocenters. The van der Waals surface area contributed by atoms with Gasteiger partial charge in [0.1, 0.15) is 11.5 Å². The van der Waals surface area contributed by atoms with E-state index in [1.165, 1.54) is 18.2 Å². The Balaban J connectivity index is 2.14. The molecule has 0 bridgehead atoms. The van der Waals surface area contributed by atoms with Gasteiger partial charge in [-0.1, -0.05) is 27.7 Å². The Bertz CT molecular complexity index is 533. The van der Waals surface area contributed by atoms with E-state index in [1.807, 2.05) is 0 Å². The molecule has 4 nitrogen and oxygen atoms in total. The van der Waals surface area contributed by atoms with E-state index in [-0.39, 0.29) is 39.8 Å². The molecule has 0 radical (unpaired) electrons. The molecule has 1 aromatic carbocycles. The Hall–Kier alpha value is -1.71. The van der Waals surface area contributed by atoms with Gasteiger partial charge in [-0.15, -0.1) is 0 Å². The predicted molar refractivity (Wildman–Crippen MR) is 82.4 cm³/mol. The average molecular weight is 291 g/mol. The number of nitrogens with one attached hydrogen (secondary N) is 1. The number of carbonyl (C=O) groups excluding carboxylic acids is 1. The molecule has 1 aliphatic rings. The summed E-state index contributed by atoms with van der Waals surface area (Å²) in [7, 11) is 0. The Morgan fingerprint density at radius 1 is 1.14 bits per heavy atom. The minimum Gasteiger partial charge on any atom is -0.508 e.